The topological polar surface area (TPSA) is 64.0 Å². The van der Waals surface area contributed by atoms with E-state index in [0.717, 1.165) is 39.6 Å². The number of hydrogen-bond acceptors (Lipinski definition) is 3. The van der Waals surface area contributed by atoms with Gasteiger partial charge in [0.2, 0.25) is 0 Å². The second kappa shape index (κ2) is 10.5. The van der Waals surface area contributed by atoms with Crippen molar-refractivity contribution in [3.8, 4) is 0 Å². The minimum Gasteiger partial charge on any atom is -0.322 e. The number of hydrogen-bond donors (Lipinski definition) is 1. The molecule has 0 unspecified atom stereocenters. The van der Waals surface area contributed by atoms with Crippen LogP contribution in [0, 0.1) is 27.7 Å². The molecule has 0 bridgehead atoms. The normalized spacial score (nSPS) is 11.1. The van der Waals surface area contributed by atoms with E-state index < -0.39 is 5.91 Å². The highest BCUT2D eigenvalue weighted by molar-refractivity contribution is 6.04. The third-order valence-electron chi connectivity index (χ3n) is 7.04. The Labute approximate surface area is 224 Å². The number of nitrogens with one attached hydrogen (secondary N) is 1. The molecule has 2 aromatic heterocycles. The zero-order chi connectivity index (χ0) is 26.8. The molecule has 2 heterocycles. The molecule has 0 fully saturated rings. The molecule has 0 aliphatic heterocycles. The maximum atomic E-state index is 13.2. The molecule has 192 valence electrons. The number of amides is 1. The fraction of sp³-hybridized carbons (Fsp3) is 0.182. The van der Waals surface area contributed by atoms with Crippen LogP contribution in [-0.2, 0) is 13.0 Å². The predicted molar refractivity (Wildman–Crippen MR) is 156 cm³/mol. The van der Waals surface area contributed by atoms with Gasteiger partial charge in [-0.1, -0.05) is 42.5 Å². The van der Waals surface area contributed by atoms with Crippen molar-refractivity contribution in [1.29, 1.82) is 0 Å². The minimum atomic E-state index is -0.401. The SMILES string of the molecule is Cc1cc(C(=O)Nc2ccc(Cc3ccnc4cc(C)c(C)cc34)cc2C)c(=O)n(Cc2ccccc2)c1.[HH]. The van der Waals surface area contributed by atoms with Crippen LogP contribution >= 0.6 is 0 Å². The number of nitrogens with zero attached hydrogens (tertiary/aromatic N) is 2. The Balaban J connectivity index is 0.00000353. The summed E-state index contributed by atoms with van der Waals surface area (Å²) in [5.74, 6) is -0.401. The standard InChI is InChI=1S/C33H31N3O2.H2/c1-21-14-29(33(38)36(19-21)20-25-8-6-5-7-9-25)32(37)35-30-11-10-26(15-24(30)4)18-27-12-13-34-31-17-23(3)22(2)16-28(27)31;/h5-17,19H,18,20H2,1-4H3,(H,35,37);1H. The summed E-state index contributed by atoms with van der Waals surface area (Å²) in [7, 11) is 0. The molecule has 5 rings (SSSR count). The number of benzene rings is 3. The lowest BCUT2D eigenvalue weighted by atomic mass is 9.97. The fourth-order valence-electron chi connectivity index (χ4n) is 4.85. The zero-order valence-corrected chi connectivity index (χ0v) is 22.2. The summed E-state index contributed by atoms with van der Waals surface area (Å²) >= 11 is 0. The van der Waals surface area contributed by atoms with E-state index in [1.165, 1.54) is 16.7 Å². The van der Waals surface area contributed by atoms with E-state index >= 15 is 0 Å². The Kier molecular flexibility index (Phi) is 6.93. The van der Waals surface area contributed by atoms with Crippen molar-refractivity contribution >= 4 is 22.5 Å². The summed E-state index contributed by atoms with van der Waals surface area (Å²) in [5, 5.41) is 4.12. The second-order valence-electron chi connectivity index (χ2n) is 10.1. The maximum Gasteiger partial charge on any atom is 0.263 e. The molecule has 1 amide bonds. The predicted octanol–water partition coefficient (Wildman–Crippen LogP) is 6.77. The highest BCUT2D eigenvalue weighted by atomic mass is 16.2. The number of aromatic nitrogens is 2. The molecule has 0 aliphatic carbocycles. The number of anilines is 1. The first kappa shape index (κ1) is 25.2. The van der Waals surface area contributed by atoms with Crippen molar-refractivity contribution in [1.82, 2.24) is 9.55 Å². The number of carbonyl (C=O) groups excluding carboxylic acids is 1. The van der Waals surface area contributed by atoms with E-state index in [-0.39, 0.29) is 12.5 Å². The first-order chi connectivity index (χ1) is 18.3. The molecule has 5 aromatic rings. The van der Waals surface area contributed by atoms with Gasteiger partial charge in [-0.3, -0.25) is 14.6 Å². The van der Waals surface area contributed by atoms with Gasteiger partial charge >= 0.3 is 0 Å². The van der Waals surface area contributed by atoms with Crippen LogP contribution in [-0.4, -0.2) is 15.5 Å². The van der Waals surface area contributed by atoms with Crippen molar-refractivity contribution in [2.75, 3.05) is 5.32 Å². The Hall–Kier alpha value is -4.51. The highest BCUT2D eigenvalue weighted by Crippen LogP contribution is 2.25. The molecule has 3 aromatic carbocycles. The van der Waals surface area contributed by atoms with E-state index in [0.29, 0.717) is 12.2 Å². The number of carbonyl (C=O) groups is 1. The van der Waals surface area contributed by atoms with Crippen LogP contribution in [0.1, 0.15) is 50.7 Å². The summed E-state index contributed by atoms with van der Waals surface area (Å²) in [5.41, 5.74) is 9.18. The van der Waals surface area contributed by atoms with Crippen molar-refractivity contribution in [3.63, 3.8) is 0 Å². The third kappa shape index (κ3) is 5.28. The lowest BCUT2D eigenvalue weighted by Gasteiger charge is -2.13. The smallest absolute Gasteiger partial charge is 0.263 e. The molecule has 1 N–H and O–H groups in total. The molecule has 0 spiro atoms. The first-order valence-electron chi connectivity index (χ1n) is 12.8. The average molecular weight is 504 g/mol. The van der Waals surface area contributed by atoms with Gasteiger partial charge in [0.25, 0.3) is 11.5 Å². The molecule has 5 heteroatoms. The lowest BCUT2D eigenvalue weighted by molar-refractivity contribution is 0.102. The Morgan fingerprint density at radius 3 is 2.39 bits per heavy atom. The van der Waals surface area contributed by atoms with Crippen LogP contribution in [0.25, 0.3) is 10.9 Å². The number of pyridine rings is 2. The summed E-state index contributed by atoms with van der Waals surface area (Å²) in [6.07, 6.45) is 4.41. The quantitative estimate of drug-likeness (QED) is 0.278. The second-order valence-corrected chi connectivity index (χ2v) is 10.1. The van der Waals surface area contributed by atoms with Gasteiger partial charge in [-0.25, -0.2) is 0 Å². The summed E-state index contributed by atoms with van der Waals surface area (Å²) in [4.78, 5) is 30.9. The van der Waals surface area contributed by atoms with E-state index in [1.807, 2.05) is 62.5 Å². The van der Waals surface area contributed by atoms with Crippen LogP contribution in [0.15, 0.2) is 90.0 Å². The van der Waals surface area contributed by atoms with E-state index in [4.69, 9.17) is 0 Å². The monoisotopic (exact) mass is 503 g/mol. The summed E-state index contributed by atoms with van der Waals surface area (Å²) in [6, 6.07) is 23.9. The number of rotatable bonds is 6. The summed E-state index contributed by atoms with van der Waals surface area (Å²) in [6.45, 7) is 8.51. The van der Waals surface area contributed by atoms with Crippen LogP contribution in [0.5, 0.6) is 0 Å². The van der Waals surface area contributed by atoms with Crippen molar-refractivity contribution in [3.05, 3.63) is 140 Å². The van der Waals surface area contributed by atoms with Crippen LogP contribution < -0.4 is 10.9 Å². The average Bonchev–Trinajstić information content (AvgIpc) is 2.89. The van der Waals surface area contributed by atoms with Gasteiger partial charge in [0.05, 0.1) is 12.1 Å². The van der Waals surface area contributed by atoms with Crippen molar-refractivity contribution in [2.45, 2.75) is 40.7 Å². The zero-order valence-electron chi connectivity index (χ0n) is 22.2. The van der Waals surface area contributed by atoms with Crippen LogP contribution in [0.2, 0.25) is 0 Å². The molecular formula is C33H33N3O2. The molecule has 0 saturated heterocycles. The molecule has 0 radical (unpaired) electrons. The maximum absolute atomic E-state index is 13.2. The Bertz CT molecular complexity index is 1730. The summed E-state index contributed by atoms with van der Waals surface area (Å²) < 4.78 is 1.60. The first-order valence-corrected chi connectivity index (χ1v) is 12.8. The number of fused-ring (bicyclic) bond motifs is 1. The third-order valence-corrected chi connectivity index (χ3v) is 7.04. The van der Waals surface area contributed by atoms with Crippen LogP contribution in [0.3, 0.4) is 0 Å². The minimum absolute atomic E-state index is 0. The molecular weight excluding hydrogens is 470 g/mol. The van der Waals surface area contributed by atoms with Gasteiger partial charge in [-0.15, -0.1) is 0 Å². The lowest BCUT2D eigenvalue weighted by Crippen LogP contribution is -2.29. The largest absolute Gasteiger partial charge is 0.322 e. The molecule has 5 nitrogen and oxygen atoms in total. The van der Waals surface area contributed by atoms with Crippen molar-refractivity contribution < 1.29 is 6.22 Å². The van der Waals surface area contributed by atoms with Crippen molar-refractivity contribution in [2.24, 2.45) is 0 Å². The van der Waals surface area contributed by atoms with Gasteiger partial charge in [0.1, 0.15) is 5.56 Å². The van der Waals surface area contributed by atoms with Gasteiger partial charge in [-0.05, 0) is 103 Å². The molecule has 38 heavy (non-hydrogen) atoms. The van der Waals surface area contributed by atoms with E-state index in [1.54, 1.807) is 16.8 Å². The molecule has 0 atom stereocenters. The van der Waals surface area contributed by atoms with Gasteiger partial charge < -0.3 is 9.88 Å². The van der Waals surface area contributed by atoms with E-state index in [2.05, 4.69) is 48.4 Å². The fourth-order valence-corrected chi connectivity index (χ4v) is 4.85. The van der Waals surface area contributed by atoms with Crippen LogP contribution in [0.4, 0.5) is 5.69 Å². The Morgan fingerprint density at radius 2 is 1.63 bits per heavy atom. The highest BCUT2D eigenvalue weighted by Gasteiger charge is 2.15. The van der Waals surface area contributed by atoms with Gasteiger partial charge in [-0.2, -0.15) is 0 Å². The number of aryl methyl sites for hydroxylation is 4. The molecule has 0 aliphatic rings. The molecule has 0 saturated carbocycles. The van der Waals surface area contributed by atoms with Gasteiger partial charge in [0.15, 0.2) is 0 Å². The Morgan fingerprint density at radius 1 is 0.868 bits per heavy atom. The van der Waals surface area contributed by atoms with Gasteiger partial charge in [0, 0.05) is 24.9 Å². The van der Waals surface area contributed by atoms with E-state index in [9.17, 15) is 9.59 Å².